The van der Waals surface area contributed by atoms with Gasteiger partial charge in [0.2, 0.25) is 5.91 Å². The monoisotopic (exact) mass is 262 g/mol. The number of carbonyl (C=O) groups is 1. The Hall–Kier alpha value is -1.65. The Kier molecular flexibility index (Phi) is 6.85. The third-order valence-corrected chi connectivity index (χ3v) is 2.96. The van der Waals surface area contributed by atoms with Crippen molar-refractivity contribution in [3.05, 3.63) is 48.6 Å². The fourth-order valence-corrected chi connectivity index (χ4v) is 2.02. The molecule has 0 spiro atoms. The molecule has 0 saturated carbocycles. The molecule has 0 aliphatic rings. The number of likely N-dealkylation sites (N-methyl/N-ethyl adjacent to an activating group) is 1. The van der Waals surface area contributed by atoms with Crippen LogP contribution in [0, 0.1) is 0 Å². The first kappa shape index (κ1) is 15.4. The van der Waals surface area contributed by atoms with E-state index in [2.05, 4.69) is 11.9 Å². The smallest absolute Gasteiger partial charge is 0.234 e. The van der Waals surface area contributed by atoms with Crippen LogP contribution in [0.1, 0.15) is 18.0 Å². The first-order chi connectivity index (χ1) is 9.19. The lowest BCUT2D eigenvalue weighted by Gasteiger charge is -2.27. The maximum atomic E-state index is 11.7. The molecule has 0 aliphatic carbocycles. The van der Waals surface area contributed by atoms with E-state index in [-0.39, 0.29) is 18.6 Å². The van der Waals surface area contributed by atoms with Crippen molar-refractivity contribution in [2.75, 3.05) is 26.7 Å². The summed E-state index contributed by atoms with van der Waals surface area (Å²) in [5, 5.41) is 11.9. The minimum absolute atomic E-state index is 0.0405. The van der Waals surface area contributed by atoms with Gasteiger partial charge in [-0.05, 0) is 19.0 Å². The molecular formula is C15H22N2O2. The number of nitrogens with zero attached hydrogens (tertiary/aromatic N) is 1. The Morgan fingerprint density at radius 3 is 2.74 bits per heavy atom. The summed E-state index contributed by atoms with van der Waals surface area (Å²) in [6.07, 6.45) is 2.26. The highest BCUT2D eigenvalue weighted by Gasteiger charge is 2.18. The summed E-state index contributed by atoms with van der Waals surface area (Å²) in [4.78, 5) is 13.6. The summed E-state index contributed by atoms with van der Waals surface area (Å²) in [6, 6.07) is 9.95. The molecule has 0 heterocycles. The number of amides is 1. The highest BCUT2D eigenvalue weighted by Crippen LogP contribution is 2.22. The Morgan fingerprint density at radius 1 is 1.47 bits per heavy atom. The van der Waals surface area contributed by atoms with Gasteiger partial charge in [0.15, 0.2) is 0 Å². The van der Waals surface area contributed by atoms with Crippen molar-refractivity contribution >= 4 is 5.91 Å². The standard InChI is InChI=1S/C15H22N2O2/c1-3-10-16-15(19)12-17(2)14(9-11-18)13-7-5-4-6-8-13/h3-8,14,18H,1,9-12H2,2H3,(H,16,19). The summed E-state index contributed by atoms with van der Waals surface area (Å²) in [6.45, 7) is 4.43. The van der Waals surface area contributed by atoms with Crippen LogP contribution in [0.4, 0.5) is 0 Å². The van der Waals surface area contributed by atoms with Crippen LogP contribution < -0.4 is 5.32 Å². The van der Waals surface area contributed by atoms with E-state index >= 15 is 0 Å². The Balaban J connectivity index is 2.65. The predicted octanol–water partition coefficient (Wildman–Crippen LogP) is 1.34. The summed E-state index contributed by atoms with van der Waals surface area (Å²) < 4.78 is 0. The average Bonchev–Trinajstić information content (AvgIpc) is 2.43. The molecule has 4 nitrogen and oxygen atoms in total. The van der Waals surface area contributed by atoms with Gasteiger partial charge in [0, 0.05) is 19.2 Å². The molecule has 0 aromatic heterocycles. The molecule has 2 N–H and O–H groups in total. The van der Waals surface area contributed by atoms with Gasteiger partial charge in [0.05, 0.1) is 6.54 Å². The molecule has 104 valence electrons. The second kappa shape index (κ2) is 8.45. The SMILES string of the molecule is C=CCNC(=O)CN(C)C(CCO)c1ccccc1. The van der Waals surface area contributed by atoms with Gasteiger partial charge in [-0.1, -0.05) is 36.4 Å². The highest BCUT2D eigenvalue weighted by atomic mass is 16.3. The van der Waals surface area contributed by atoms with Gasteiger partial charge in [-0.25, -0.2) is 0 Å². The zero-order valence-corrected chi connectivity index (χ0v) is 11.4. The molecule has 0 bridgehead atoms. The van der Waals surface area contributed by atoms with E-state index in [1.54, 1.807) is 6.08 Å². The number of benzene rings is 1. The van der Waals surface area contributed by atoms with Gasteiger partial charge < -0.3 is 10.4 Å². The van der Waals surface area contributed by atoms with Crippen LogP contribution in [-0.4, -0.2) is 42.7 Å². The van der Waals surface area contributed by atoms with E-state index in [0.29, 0.717) is 19.5 Å². The van der Waals surface area contributed by atoms with Gasteiger partial charge in [0.25, 0.3) is 0 Å². The molecule has 0 saturated heterocycles. The van der Waals surface area contributed by atoms with E-state index in [1.165, 1.54) is 0 Å². The number of hydrogen-bond acceptors (Lipinski definition) is 3. The molecule has 19 heavy (non-hydrogen) atoms. The number of nitrogens with one attached hydrogen (secondary N) is 1. The molecule has 1 aromatic rings. The topological polar surface area (TPSA) is 52.6 Å². The van der Waals surface area contributed by atoms with Crippen LogP contribution >= 0.6 is 0 Å². The summed E-state index contributed by atoms with van der Waals surface area (Å²) in [5.41, 5.74) is 1.11. The van der Waals surface area contributed by atoms with E-state index in [1.807, 2.05) is 42.3 Å². The number of aliphatic hydroxyl groups is 1. The lowest BCUT2D eigenvalue weighted by molar-refractivity contribution is -0.122. The fourth-order valence-electron chi connectivity index (χ4n) is 2.02. The maximum absolute atomic E-state index is 11.7. The summed E-state index contributed by atoms with van der Waals surface area (Å²) in [7, 11) is 1.89. The van der Waals surface area contributed by atoms with Crippen LogP contribution in [0.25, 0.3) is 0 Å². The van der Waals surface area contributed by atoms with Gasteiger partial charge >= 0.3 is 0 Å². The minimum atomic E-state index is -0.0405. The lowest BCUT2D eigenvalue weighted by Crippen LogP contribution is -2.37. The van der Waals surface area contributed by atoms with Crippen molar-refractivity contribution in [2.45, 2.75) is 12.5 Å². The summed E-state index contributed by atoms with van der Waals surface area (Å²) >= 11 is 0. The van der Waals surface area contributed by atoms with Gasteiger partial charge in [-0.2, -0.15) is 0 Å². The van der Waals surface area contributed by atoms with Gasteiger partial charge in [-0.3, -0.25) is 9.69 Å². The number of hydrogen-bond donors (Lipinski definition) is 2. The lowest BCUT2D eigenvalue weighted by atomic mass is 10.0. The van der Waals surface area contributed by atoms with Crippen molar-refractivity contribution in [1.82, 2.24) is 10.2 Å². The van der Waals surface area contributed by atoms with Crippen molar-refractivity contribution in [2.24, 2.45) is 0 Å². The maximum Gasteiger partial charge on any atom is 0.234 e. The first-order valence-electron chi connectivity index (χ1n) is 6.42. The Labute approximate surface area is 114 Å². The zero-order chi connectivity index (χ0) is 14.1. The van der Waals surface area contributed by atoms with Crippen LogP contribution in [0.5, 0.6) is 0 Å². The van der Waals surface area contributed by atoms with Crippen LogP contribution in [0.2, 0.25) is 0 Å². The molecule has 1 atom stereocenters. The molecule has 0 fully saturated rings. The third-order valence-electron chi connectivity index (χ3n) is 2.96. The van der Waals surface area contributed by atoms with Crippen molar-refractivity contribution in [3.63, 3.8) is 0 Å². The minimum Gasteiger partial charge on any atom is -0.396 e. The van der Waals surface area contributed by atoms with Crippen LogP contribution in [0.3, 0.4) is 0 Å². The van der Waals surface area contributed by atoms with Crippen molar-refractivity contribution in [3.8, 4) is 0 Å². The summed E-state index contributed by atoms with van der Waals surface area (Å²) in [5.74, 6) is -0.0405. The predicted molar refractivity (Wildman–Crippen MR) is 76.7 cm³/mol. The molecular weight excluding hydrogens is 240 g/mol. The van der Waals surface area contributed by atoms with Crippen LogP contribution in [-0.2, 0) is 4.79 Å². The van der Waals surface area contributed by atoms with E-state index in [0.717, 1.165) is 5.56 Å². The van der Waals surface area contributed by atoms with Gasteiger partial charge in [0.1, 0.15) is 0 Å². The van der Waals surface area contributed by atoms with Gasteiger partial charge in [-0.15, -0.1) is 6.58 Å². The Bertz CT molecular complexity index is 392. The second-order valence-electron chi connectivity index (χ2n) is 4.45. The Morgan fingerprint density at radius 2 is 2.16 bits per heavy atom. The second-order valence-corrected chi connectivity index (χ2v) is 4.45. The molecule has 1 unspecified atom stereocenters. The normalized spacial score (nSPS) is 12.2. The molecule has 0 radical (unpaired) electrons. The quantitative estimate of drug-likeness (QED) is 0.695. The number of carbonyl (C=O) groups excluding carboxylic acids is 1. The average molecular weight is 262 g/mol. The molecule has 4 heteroatoms. The molecule has 0 aliphatic heterocycles. The number of aliphatic hydroxyl groups excluding tert-OH is 1. The third kappa shape index (κ3) is 5.24. The van der Waals surface area contributed by atoms with E-state index in [4.69, 9.17) is 0 Å². The zero-order valence-electron chi connectivity index (χ0n) is 11.4. The largest absolute Gasteiger partial charge is 0.396 e. The van der Waals surface area contributed by atoms with E-state index < -0.39 is 0 Å². The van der Waals surface area contributed by atoms with Crippen molar-refractivity contribution in [1.29, 1.82) is 0 Å². The molecule has 1 aromatic carbocycles. The molecule has 1 rings (SSSR count). The van der Waals surface area contributed by atoms with Crippen molar-refractivity contribution < 1.29 is 9.90 Å². The van der Waals surface area contributed by atoms with Crippen LogP contribution in [0.15, 0.2) is 43.0 Å². The fraction of sp³-hybridized carbons (Fsp3) is 0.400. The first-order valence-corrected chi connectivity index (χ1v) is 6.42. The van der Waals surface area contributed by atoms with E-state index in [9.17, 15) is 9.90 Å². The number of rotatable bonds is 8. The molecule has 1 amide bonds. The highest BCUT2D eigenvalue weighted by molar-refractivity contribution is 5.78.